The highest BCUT2D eigenvalue weighted by Crippen LogP contribution is 2.27. The van der Waals surface area contributed by atoms with Crippen molar-refractivity contribution in [2.24, 2.45) is 0 Å². The molecule has 0 spiro atoms. The van der Waals surface area contributed by atoms with E-state index in [2.05, 4.69) is 19.8 Å². The number of nitrogens with two attached hydrogens (primary N) is 1. The van der Waals surface area contributed by atoms with Crippen LogP contribution in [0.1, 0.15) is 16.1 Å². The Bertz CT molecular complexity index is 983. The van der Waals surface area contributed by atoms with Gasteiger partial charge in [0.05, 0.1) is 18.9 Å². The van der Waals surface area contributed by atoms with Gasteiger partial charge in [-0.2, -0.15) is 0 Å². The van der Waals surface area contributed by atoms with Gasteiger partial charge in [-0.15, -0.1) is 11.3 Å². The average Bonchev–Trinajstić information content (AvgIpc) is 3.23. The number of thiazole rings is 1. The van der Waals surface area contributed by atoms with Gasteiger partial charge in [0.2, 0.25) is 0 Å². The second kappa shape index (κ2) is 8.06. The van der Waals surface area contributed by atoms with Gasteiger partial charge in [0, 0.05) is 73.2 Å². The van der Waals surface area contributed by atoms with Gasteiger partial charge in [0.25, 0.3) is 0 Å². The Labute approximate surface area is 174 Å². The number of ether oxygens (including phenoxy) is 1. The number of nitrogens with zero attached hydrogens (tertiary/aromatic N) is 5. The van der Waals surface area contributed by atoms with Crippen molar-refractivity contribution >= 4 is 22.2 Å². The fourth-order valence-electron chi connectivity index (χ4n) is 3.77. The van der Waals surface area contributed by atoms with Crippen LogP contribution in [0.25, 0.3) is 11.4 Å². The molecule has 2 N–H and O–H groups in total. The van der Waals surface area contributed by atoms with E-state index >= 15 is 0 Å². The summed E-state index contributed by atoms with van der Waals surface area (Å²) in [5.41, 5.74) is 9.91. The number of anilines is 2. The van der Waals surface area contributed by atoms with Crippen molar-refractivity contribution in [2.75, 3.05) is 43.5 Å². The second-order valence-electron chi connectivity index (χ2n) is 7.46. The number of morpholine rings is 1. The highest BCUT2D eigenvalue weighted by molar-refractivity contribution is 7.15. The van der Waals surface area contributed by atoms with E-state index in [0.29, 0.717) is 0 Å². The normalized spacial score (nSPS) is 17.3. The first-order chi connectivity index (χ1) is 14.2. The number of hydrogen-bond donors (Lipinski definition) is 1. The summed E-state index contributed by atoms with van der Waals surface area (Å²) in [4.78, 5) is 20.1. The molecule has 0 saturated carbocycles. The molecule has 2 aromatic heterocycles. The second-order valence-corrected chi connectivity index (χ2v) is 8.55. The molecule has 29 heavy (non-hydrogen) atoms. The lowest BCUT2D eigenvalue weighted by Gasteiger charge is -2.27. The summed E-state index contributed by atoms with van der Waals surface area (Å²) in [6, 6.07) is 7.73. The Morgan fingerprint density at radius 2 is 1.86 bits per heavy atom. The molecular weight excluding hydrogens is 384 g/mol. The molecule has 0 amide bonds. The predicted octanol–water partition coefficient (Wildman–Crippen LogP) is 2.58. The molecule has 2 aliphatic rings. The molecule has 3 aromatic rings. The van der Waals surface area contributed by atoms with Crippen LogP contribution in [0.4, 0.5) is 10.8 Å². The zero-order valence-electron chi connectivity index (χ0n) is 16.3. The van der Waals surface area contributed by atoms with Crippen molar-refractivity contribution in [3.05, 3.63) is 52.8 Å². The molecule has 7 nitrogen and oxygen atoms in total. The molecule has 8 heteroatoms. The SMILES string of the molecule is Nc1ccc(-c2ncc3c(n2)CCN(Cc2cnc(N4CCOCC4)s2)C3)cc1. The number of hydrogen-bond acceptors (Lipinski definition) is 8. The fourth-order valence-corrected chi connectivity index (χ4v) is 4.78. The summed E-state index contributed by atoms with van der Waals surface area (Å²) in [5.74, 6) is 0.773. The molecular formula is C21H24N6OS. The minimum Gasteiger partial charge on any atom is -0.399 e. The third-order valence-corrected chi connectivity index (χ3v) is 6.43. The van der Waals surface area contributed by atoms with Crippen LogP contribution < -0.4 is 10.6 Å². The van der Waals surface area contributed by atoms with Crippen LogP contribution in [0, 0.1) is 0 Å². The van der Waals surface area contributed by atoms with Gasteiger partial charge in [0.15, 0.2) is 11.0 Å². The molecule has 0 bridgehead atoms. The van der Waals surface area contributed by atoms with Gasteiger partial charge >= 0.3 is 0 Å². The molecule has 0 aliphatic carbocycles. The quantitative estimate of drug-likeness (QED) is 0.665. The summed E-state index contributed by atoms with van der Waals surface area (Å²) in [7, 11) is 0. The Morgan fingerprint density at radius 3 is 2.69 bits per heavy atom. The van der Waals surface area contributed by atoms with E-state index in [1.165, 1.54) is 10.4 Å². The van der Waals surface area contributed by atoms with Crippen molar-refractivity contribution in [3.63, 3.8) is 0 Å². The molecule has 5 rings (SSSR count). The molecule has 0 unspecified atom stereocenters. The lowest BCUT2D eigenvalue weighted by atomic mass is 10.1. The summed E-state index contributed by atoms with van der Waals surface area (Å²) >= 11 is 1.79. The summed E-state index contributed by atoms with van der Waals surface area (Å²) in [6.45, 7) is 6.22. The third kappa shape index (κ3) is 4.10. The van der Waals surface area contributed by atoms with E-state index in [0.717, 1.165) is 80.3 Å². The van der Waals surface area contributed by atoms with Gasteiger partial charge in [0.1, 0.15) is 0 Å². The van der Waals surface area contributed by atoms with Crippen LogP contribution in [-0.2, 0) is 24.2 Å². The number of fused-ring (bicyclic) bond motifs is 1. The number of rotatable bonds is 4. The number of nitrogen functional groups attached to an aromatic ring is 1. The van der Waals surface area contributed by atoms with Gasteiger partial charge in [-0.25, -0.2) is 15.0 Å². The Balaban J connectivity index is 1.25. The first-order valence-electron chi connectivity index (χ1n) is 9.95. The van der Waals surface area contributed by atoms with Crippen molar-refractivity contribution < 1.29 is 4.74 Å². The maximum Gasteiger partial charge on any atom is 0.185 e. The number of benzene rings is 1. The van der Waals surface area contributed by atoms with Crippen molar-refractivity contribution in [1.82, 2.24) is 19.9 Å². The molecule has 4 heterocycles. The Kier molecular flexibility index (Phi) is 5.13. The summed E-state index contributed by atoms with van der Waals surface area (Å²) in [5, 5.41) is 1.11. The summed E-state index contributed by atoms with van der Waals surface area (Å²) < 4.78 is 5.43. The molecule has 0 atom stereocenters. The van der Waals surface area contributed by atoms with Crippen molar-refractivity contribution in [3.8, 4) is 11.4 Å². The first-order valence-corrected chi connectivity index (χ1v) is 10.8. The molecule has 0 radical (unpaired) electrons. The minimum absolute atomic E-state index is 0.752. The van der Waals surface area contributed by atoms with Crippen LogP contribution in [0.5, 0.6) is 0 Å². The average molecular weight is 409 g/mol. The van der Waals surface area contributed by atoms with E-state index in [9.17, 15) is 0 Å². The highest BCUT2D eigenvalue weighted by Gasteiger charge is 2.21. The van der Waals surface area contributed by atoms with E-state index in [-0.39, 0.29) is 0 Å². The Hall–Kier alpha value is -2.55. The predicted molar refractivity (Wildman–Crippen MR) is 115 cm³/mol. The lowest BCUT2D eigenvalue weighted by molar-refractivity contribution is 0.122. The molecule has 1 fully saturated rings. The highest BCUT2D eigenvalue weighted by atomic mass is 32.1. The molecule has 1 saturated heterocycles. The summed E-state index contributed by atoms with van der Waals surface area (Å²) in [6.07, 6.45) is 4.94. The largest absolute Gasteiger partial charge is 0.399 e. The fraction of sp³-hybridized carbons (Fsp3) is 0.381. The molecule has 1 aromatic carbocycles. The van der Waals surface area contributed by atoms with Crippen LogP contribution >= 0.6 is 11.3 Å². The maximum absolute atomic E-state index is 5.78. The van der Waals surface area contributed by atoms with Crippen molar-refractivity contribution in [2.45, 2.75) is 19.5 Å². The van der Waals surface area contributed by atoms with Crippen LogP contribution in [0.3, 0.4) is 0 Å². The van der Waals surface area contributed by atoms with Gasteiger partial charge in [-0.05, 0) is 24.3 Å². The number of aromatic nitrogens is 3. The van der Waals surface area contributed by atoms with Crippen LogP contribution in [-0.4, -0.2) is 52.7 Å². The topological polar surface area (TPSA) is 80.4 Å². The Morgan fingerprint density at radius 1 is 1.03 bits per heavy atom. The lowest BCUT2D eigenvalue weighted by Crippen LogP contribution is -2.36. The van der Waals surface area contributed by atoms with E-state index in [1.54, 1.807) is 11.3 Å². The van der Waals surface area contributed by atoms with Crippen molar-refractivity contribution in [1.29, 1.82) is 0 Å². The zero-order valence-corrected chi connectivity index (χ0v) is 17.1. The van der Waals surface area contributed by atoms with Crippen LogP contribution in [0.2, 0.25) is 0 Å². The standard InChI is InChI=1S/C21H24N6OS/c22-17-3-1-15(2-4-17)20-23-11-16-13-26(6-5-19(16)25-20)14-18-12-24-21(29-18)27-7-9-28-10-8-27/h1-4,11-12H,5-10,13-14,22H2. The van der Waals surface area contributed by atoms with E-state index in [4.69, 9.17) is 15.5 Å². The monoisotopic (exact) mass is 408 g/mol. The zero-order chi connectivity index (χ0) is 19.6. The molecule has 150 valence electrons. The third-order valence-electron chi connectivity index (χ3n) is 5.38. The minimum atomic E-state index is 0.752. The maximum atomic E-state index is 5.78. The van der Waals surface area contributed by atoms with Crippen LogP contribution in [0.15, 0.2) is 36.7 Å². The van der Waals surface area contributed by atoms with Gasteiger partial charge in [-0.1, -0.05) is 0 Å². The smallest absolute Gasteiger partial charge is 0.185 e. The van der Waals surface area contributed by atoms with E-state index in [1.807, 2.05) is 36.7 Å². The van der Waals surface area contributed by atoms with Gasteiger partial charge in [-0.3, -0.25) is 4.90 Å². The van der Waals surface area contributed by atoms with Gasteiger partial charge < -0.3 is 15.4 Å². The first kappa shape index (κ1) is 18.5. The molecule has 2 aliphatic heterocycles. The van der Waals surface area contributed by atoms with E-state index < -0.39 is 0 Å².